The molecule has 2 rings (SSSR count). The maximum Gasteiger partial charge on any atom is 0.0645 e. The van der Waals surface area contributed by atoms with E-state index < -0.39 is 0 Å². The smallest absolute Gasteiger partial charge is 0.0645 e. The minimum absolute atomic E-state index is 0.188. The Hall–Kier alpha value is -0.120. The van der Waals surface area contributed by atoms with Crippen LogP contribution in [0.25, 0.3) is 0 Å². The normalized spacial score (nSPS) is 36.2. The lowest BCUT2D eigenvalue weighted by Gasteiger charge is -2.50. The number of morpholine rings is 1. The Bertz CT molecular complexity index is 230. The summed E-state index contributed by atoms with van der Waals surface area (Å²) in [6, 6.07) is 0.692. The number of nitrogens with zero attached hydrogens (tertiary/aromatic N) is 1. The van der Waals surface area contributed by atoms with Crippen molar-refractivity contribution in [2.75, 3.05) is 26.3 Å². The van der Waals surface area contributed by atoms with Gasteiger partial charge in [-0.3, -0.25) is 4.90 Å². The van der Waals surface area contributed by atoms with Gasteiger partial charge in [-0.15, -0.1) is 0 Å². The molecule has 0 aromatic heterocycles. The summed E-state index contributed by atoms with van der Waals surface area (Å²) in [5.41, 5.74) is 6.12. The quantitative estimate of drug-likeness (QED) is 0.777. The van der Waals surface area contributed by atoms with Gasteiger partial charge in [-0.1, -0.05) is 12.8 Å². The van der Waals surface area contributed by atoms with E-state index in [1.54, 1.807) is 0 Å². The van der Waals surface area contributed by atoms with Crippen molar-refractivity contribution in [2.24, 2.45) is 11.7 Å². The van der Waals surface area contributed by atoms with Gasteiger partial charge in [0.1, 0.15) is 0 Å². The highest BCUT2D eigenvalue weighted by molar-refractivity contribution is 4.93. The molecule has 2 unspecified atom stereocenters. The van der Waals surface area contributed by atoms with E-state index in [-0.39, 0.29) is 5.54 Å². The van der Waals surface area contributed by atoms with Crippen molar-refractivity contribution in [3.63, 3.8) is 0 Å². The first-order chi connectivity index (χ1) is 7.65. The van der Waals surface area contributed by atoms with E-state index in [2.05, 4.69) is 18.7 Å². The first-order valence-corrected chi connectivity index (χ1v) is 6.70. The minimum Gasteiger partial charge on any atom is -0.378 e. The van der Waals surface area contributed by atoms with Crippen LogP contribution in [0.4, 0.5) is 0 Å². The summed E-state index contributed by atoms with van der Waals surface area (Å²) in [5.74, 6) is 0.700. The molecule has 0 radical (unpaired) electrons. The Balaban J connectivity index is 2.08. The third-order valence-electron chi connectivity index (χ3n) is 4.28. The first kappa shape index (κ1) is 12.3. The van der Waals surface area contributed by atoms with Crippen molar-refractivity contribution in [1.82, 2.24) is 4.90 Å². The Kier molecular flexibility index (Phi) is 3.88. The van der Waals surface area contributed by atoms with Crippen LogP contribution in [-0.2, 0) is 4.74 Å². The zero-order chi connectivity index (χ0) is 11.6. The Morgan fingerprint density at radius 3 is 2.75 bits per heavy atom. The lowest BCUT2D eigenvalue weighted by molar-refractivity contribution is -0.0887. The van der Waals surface area contributed by atoms with Crippen LogP contribution in [0.2, 0.25) is 0 Å². The van der Waals surface area contributed by atoms with Gasteiger partial charge >= 0.3 is 0 Å². The first-order valence-electron chi connectivity index (χ1n) is 6.70. The highest BCUT2D eigenvalue weighted by Gasteiger charge is 2.39. The van der Waals surface area contributed by atoms with E-state index in [0.717, 1.165) is 26.3 Å². The molecule has 1 aliphatic carbocycles. The molecule has 0 spiro atoms. The van der Waals surface area contributed by atoms with Crippen molar-refractivity contribution in [3.8, 4) is 0 Å². The van der Waals surface area contributed by atoms with Crippen molar-refractivity contribution in [1.29, 1.82) is 0 Å². The van der Waals surface area contributed by atoms with Crippen molar-refractivity contribution in [3.05, 3.63) is 0 Å². The van der Waals surface area contributed by atoms with Gasteiger partial charge in [0.05, 0.1) is 13.2 Å². The molecule has 0 bridgehead atoms. The zero-order valence-electron chi connectivity index (χ0n) is 10.7. The monoisotopic (exact) mass is 226 g/mol. The second-order valence-electron chi connectivity index (χ2n) is 5.91. The van der Waals surface area contributed by atoms with Gasteiger partial charge in [0.25, 0.3) is 0 Å². The maximum atomic E-state index is 5.93. The SMILES string of the molecule is CC1(C)COCCN1C1CCCCC1CN. The van der Waals surface area contributed by atoms with Gasteiger partial charge in [-0.05, 0) is 39.2 Å². The van der Waals surface area contributed by atoms with Crippen LogP contribution in [0, 0.1) is 5.92 Å². The summed E-state index contributed by atoms with van der Waals surface area (Å²) in [6.45, 7) is 8.27. The average Bonchev–Trinajstić information content (AvgIpc) is 2.28. The predicted octanol–water partition coefficient (Wildman–Crippen LogP) is 1.61. The van der Waals surface area contributed by atoms with E-state index in [1.165, 1.54) is 25.7 Å². The van der Waals surface area contributed by atoms with Gasteiger partial charge in [0.2, 0.25) is 0 Å². The molecule has 16 heavy (non-hydrogen) atoms. The molecule has 2 aliphatic rings. The Morgan fingerprint density at radius 1 is 1.31 bits per heavy atom. The molecule has 0 aromatic carbocycles. The average molecular weight is 226 g/mol. The molecule has 1 aliphatic heterocycles. The van der Waals surface area contributed by atoms with Crippen molar-refractivity contribution >= 4 is 0 Å². The maximum absolute atomic E-state index is 5.93. The van der Waals surface area contributed by atoms with Gasteiger partial charge in [0, 0.05) is 18.1 Å². The molecule has 3 nitrogen and oxygen atoms in total. The molecule has 0 amide bonds. The molecule has 2 atom stereocenters. The van der Waals surface area contributed by atoms with Gasteiger partial charge in [0.15, 0.2) is 0 Å². The standard InChI is InChI=1S/C13H26N2O/c1-13(2)10-16-8-7-15(13)12-6-4-3-5-11(12)9-14/h11-12H,3-10,14H2,1-2H3. The minimum atomic E-state index is 0.188. The zero-order valence-corrected chi connectivity index (χ0v) is 10.7. The number of hydrogen-bond acceptors (Lipinski definition) is 3. The fourth-order valence-corrected chi connectivity index (χ4v) is 3.36. The molecule has 1 saturated heterocycles. The molecule has 94 valence electrons. The third kappa shape index (κ3) is 2.41. The molecule has 1 saturated carbocycles. The van der Waals surface area contributed by atoms with Gasteiger partial charge in [-0.2, -0.15) is 0 Å². The van der Waals surface area contributed by atoms with Crippen LogP contribution in [0.15, 0.2) is 0 Å². The fourth-order valence-electron chi connectivity index (χ4n) is 3.36. The molecule has 0 aromatic rings. The van der Waals surface area contributed by atoms with Crippen LogP contribution < -0.4 is 5.73 Å². The highest BCUT2D eigenvalue weighted by atomic mass is 16.5. The highest BCUT2D eigenvalue weighted by Crippen LogP contribution is 2.33. The van der Waals surface area contributed by atoms with Crippen LogP contribution in [-0.4, -0.2) is 42.8 Å². The summed E-state index contributed by atoms with van der Waals surface area (Å²) >= 11 is 0. The van der Waals surface area contributed by atoms with E-state index in [0.29, 0.717) is 12.0 Å². The summed E-state index contributed by atoms with van der Waals surface area (Å²) in [6.07, 6.45) is 5.37. The number of nitrogens with two attached hydrogens (primary N) is 1. The molecular weight excluding hydrogens is 200 g/mol. The summed E-state index contributed by atoms with van der Waals surface area (Å²) < 4.78 is 5.60. The van der Waals surface area contributed by atoms with Crippen LogP contribution in [0.5, 0.6) is 0 Å². The topological polar surface area (TPSA) is 38.5 Å². The lowest BCUT2D eigenvalue weighted by Crippen LogP contribution is -2.60. The van der Waals surface area contributed by atoms with E-state index in [9.17, 15) is 0 Å². The van der Waals surface area contributed by atoms with Crippen LogP contribution >= 0.6 is 0 Å². The van der Waals surface area contributed by atoms with Gasteiger partial charge < -0.3 is 10.5 Å². The van der Waals surface area contributed by atoms with E-state index in [1.807, 2.05) is 0 Å². The molecular formula is C13H26N2O. The summed E-state index contributed by atoms with van der Waals surface area (Å²) in [4.78, 5) is 2.66. The number of rotatable bonds is 2. The molecule has 2 N–H and O–H groups in total. The van der Waals surface area contributed by atoms with Crippen molar-refractivity contribution < 1.29 is 4.74 Å². The van der Waals surface area contributed by atoms with Gasteiger partial charge in [-0.25, -0.2) is 0 Å². The largest absolute Gasteiger partial charge is 0.378 e. The van der Waals surface area contributed by atoms with Crippen LogP contribution in [0.3, 0.4) is 0 Å². The van der Waals surface area contributed by atoms with E-state index >= 15 is 0 Å². The number of hydrogen-bond donors (Lipinski definition) is 1. The molecule has 2 fully saturated rings. The Labute approximate surface area is 99.3 Å². The third-order valence-corrected chi connectivity index (χ3v) is 4.28. The second kappa shape index (κ2) is 5.03. The summed E-state index contributed by atoms with van der Waals surface area (Å²) in [5, 5.41) is 0. The molecule has 3 heteroatoms. The molecule has 1 heterocycles. The van der Waals surface area contributed by atoms with E-state index in [4.69, 9.17) is 10.5 Å². The predicted molar refractivity (Wildman–Crippen MR) is 66.4 cm³/mol. The second-order valence-corrected chi connectivity index (χ2v) is 5.91. The summed E-state index contributed by atoms with van der Waals surface area (Å²) in [7, 11) is 0. The van der Waals surface area contributed by atoms with Crippen molar-refractivity contribution in [2.45, 2.75) is 51.1 Å². The Morgan fingerprint density at radius 2 is 2.06 bits per heavy atom. The van der Waals surface area contributed by atoms with Crippen LogP contribution in [0.1, 0.15) is 39.5 Å². The number of ether oxygens (including phenoxy) is 1. The lowest BCUT2D eigenvalue weighted by atomic mass is 9.81. The fraction of sp³-hybridized carbons (Fsp3) is 1.00.